The minimum atomic E-state index is -3.70. The number of nitrogens with one attached hydrogen (secondary N) is 1. The summed E-state index contributed by atoms with van der Waals surface area (Å²) in [6.07, 6.45) is 4.72. The molecule has 1 N–H and O–H groups in total. The summed E-state index contributed by atoms with van der Waals surface area (Å²) in [7, 11) is -0.890. The lowest BCUT2D eigenvalue weighted by Crippen LogP contribution is -2.38. The molecule has 10 nitrogen and oxygen atoms in total. The summed E-state index contributed by atoms with van der Waals surface area (Å²) in [5, 5.41) is 2.48. The highest BCUT2D eigenvalue weighted by atomic mass is 32.2. The number of allylic oxidation sites excluding steroid dienone is 2. The second-order valence-corrected chi connectivity index (χ2v) is 10.9. The van der Waals surface area contributed by atoms with Crippen LogP contribution < -0.4 is 5.32 Å². The summed E-state index contributed by atoms with van der Waals surface area (Å²) in [5.41, 5.74) is 0.740. The van der Waals surface area contributed by atoms with Gasteiger partial charge in [0, 0.05) is 19.8 Å². The zero-order chi connectivity index (χ0) is 24.1. The van der Waals surface area contributed by atoms with Crippen LogP contribution in [0.1, 0.15) is 12.0 Å². The number of nitrogens with zero attached hydrogens (tertiary/aromatic N) is 2. The number of imide groups is 1. The van der Waals surface area contributed by atoms with Gasteiger partial charge < -0.3 is 10.1 Å². The zero-order valence-corrected chi connectivity index (χ0v) is 19.3. The van der Waals surface area contributed by atoms with Gasteiger partial charge in [0.15, 0.2) is 6.61 Å². The SMILES string of the molecule is Cc1ccc(NC(=O)COC(=O)CN2C(=O)C3C4C=CC(C4)C3C2=O)cc1S(=O)(=O)N(C)C. The molecule has 33 heavy (non-hydrogen) atoms. The molecule has 1 saturated carbocycles. The molecule has 0 aromatic heterocycles. The van der Waals surface area contributed by atoms with Crippen molar-refractivity contribution in [2.24, 2.45) is 23.7 Å². The number of rotatable bonds is 7. The molecule has 1 aromatic carbocycles. The Morgan fingerprint density at radius 3 is 2.30 bits per heavy atom. The Bertz CT molecular complexity index is 1140. The summed E-state index contributed by atoms with van der Waals surface area (Å²) in [5.74, 6) is -3.01. The van der Waals surface area contributed by atoms with E-state index in [-0.39, 0.29) is 34.2 Å². The fraction of sp³-hybridized carbons (Fsp3) is 0.455. The van der Waals surface area contributed by atoms with Crippen molar-refractivity contribution in [3.8, 4) is 0 Å². The highest BCUT2D eigenvalue weighted by Gasteiger charge is 2.59. The average Bonchev–Trinajstić information content (AvgIpc) is 3.43. The highest BCUT2D eigenvalue weighted by Crippen LogP contribution is 2.52. The summed E-state index contributed by atoms with van der Waals surface area (Å²) in [6, 6.07) is 4.42. The number of carbonyl (C=O) groups excluding carboxylic acids is 4. The van der Waals surface area contributed by atoms with Crippen molar-refractivity contribution in [1.29, 1.82) is 0 Å². The van der Waals surface area contributed by atoms with E-state index in [9.17, 15) is 27.6 Å². The number of hydrogen-bond donors (Lipinski definition) is 1. The Hall–Kier alpha value is -3.05. The lowest BCUT2D eigenvalue weighted by Gasteiger charge is -2.16. The molecule has 4 atom stereocenters. The minimum Gasteiger partial charge on any atom is -0.454 e. The van der Waals surface area contributed by atoms with Gasteiger partial charge in [-0.25, -0.2) is 12.7 Å². The molecule has 2 fully saturated rings. The fourth-order valence-electron chi connectivity index (χ4n) is 4.79. The molecule has 1 heterocycles. The smallest absolute Gasteiger partial charge is 0.326 e. The molecule has 0 spiro atoms. The van der Waals surface area contributed by atoms with Gasteiger partial charge in [-0.15, -0.1) is 0 Å². The van der Waals surface area contributed by atoms with Crippen LogP contribution in [0.5, 0.6) is 0 Å². The number of anilines is 1. The summed E-state index contributed by atoms with van der Waals surface area (Å²) < 4.78 is 30.9. The number of likely N-dealkylation sites (tertiary alicyclic amines) is 1. The third-order valence-electron chi connectivity index (χ3n) is 6.44. The van der Waals surface area contributed by atoms with Crippen molar-refractivity contribution < 1.29 is 32.3 Å². The maximum absolute atomic E-state index is 12.6. The van der Waals surface area contributed by atoms with E-state index in [1.54, 1.807) is 13.0 Å². The van der Waals surface area contributed by atoms with Crippen molar-refractivity contribution >= 4 is 39.4 Å². The van der Waals surface area contributed by atoms with Gasteiger partial charge in [0.25, 0.3) is 5.91 Å². The predicted molar refractivity (Wildman–Crippen MR) is 116 cm³/mol. The molecule has 4 unspecified atom stereocenters. The summed E-state index contributed by atoms with van der Waals surface area (Å²) in [4.78, 5) is 50.6. The third-order valence-corrected chi connectivity index (χ3v) is 8.40. The first-order valence-corrected chi connectivity index (χ1v) is 12.0. The number of benzene rings is 1. The van der Waals surface area contributed by atoms with Crippen LogP contribution in [0, 0.1) is 30.6 Å². The van der Waals surface area contributed by atoms with E-state index in [1.165, 1.54) is 26.2 Å². The molecule has 1 aromatic rings. The van der Waals surface area contributed by atoms with Crippen LogP contribution in [0.4, 0.5) is 5.69 Å². The molecule has 3 aliphatic rings. The number of hydrogen-bond acceptors (Lipinski definition) is 7. The van der Waals surface area contributed by atoms with E-state index in [2.05, 4.69) is 5.32 Å². The maximum Gasteiger partial charge on any atom is 0.326 e. The van der Waals surface area contributed by atoms with E-state index in [0.29, 0.717) is 5.56 Å². The molecule has 3 amide bonds. The Labute approximate surface area is 191 Å². The normalized spacial score (nSPS) is 25.6. The molecule has 1 saturated heterocycles. The van der Waals surface area contributed by atoms with Crippen LogP contribution in [-0.4, -0.2) is 68.6 Å². The number of ether oxygens (including phenoxy) is 1. The topological polar surface area (TPSA) is 130 Å². The predicted octanol–water partition coefficient (Wildman–Crippen LogP) is 0.534. The zero-order valence-electron chi connectivity index (χ0n) is 18.5. The Morgan fingerprint density at radius 2 is 1.73 bits per heavy atom. The number of aryl methyl sites for hydroxylation is 1. The van der Waals surface area contributed by atoms with Crippen LogP contribution in [-0.2, 0) is 33.9 Å². The average molecular weight is 476 g/mol. The maximum atomic E-state index is 12.6. The summed E-state index contributed by atoms with van der Waals surface area (Å²) >= 11 is 0. The molecule has 176 valence electrons. The van der Waals surface area contributed by atoms with Gasteiger partial charge in [0.05, 0.1) is 16.7 Å². The minimum absolute atomic E-state index is 0.0407. The number of carbonyl (C=O) groups is 4. The Morgan fingerprint density at radius 1 is 1.12 bits per heavy atom. The van der Waals surface area contributed by atoms with Crippen molar-refractivity contribution in [2.45, 2.75) is 18.2 Å². The monoisotopic (exact) mass is 475 g/mol. The van der Waals surface area contributed by atoms with E-state index in [0.717, 1.165) is 15.6 Å². The van der Waals surface area contributed by atoms with Crippen LogP contribution in [0.2, 0.25) is 0 Å². The lowest BCUT2D eigenvalue weighted by molar-refractivity contribution is -0.154. The van der Waals surface area contributed by atoms with E-state index in [4.69, 9.17) is 4.74 Å². The number of esters is 1. The van der Waals surface area contributed by atoms with E-state index < -0.39 is 46.9 Å². The van der Waals surface area contributed by atoms with Crippen molar-refractivity contribution in [2.75, 3.05) is 32.6 Å². The van der Waals surface area contributed by atoms with Crippen LogP contribution in [0.25, 0.3) is 0 Å². The number of sulfonamides is 1. The Kier molecular flexibility index (Phi) is 5.87. The highest BCUT2D eigenvalue weighted by molar-refractivity contribution is 7.89. The van der Waals surface area contributed by atoms with Crippen LogP contribution in [0.3, 0.4) is 0 Å². The first-order chi connectivity index (χ1) is 15.5. The van der Waals surface area contributed by atoms with Gasteiger partial charge in [0.2, 0.25) is 21.8 Å². The standard InChI is InChI=1S/C22H25N3O7S/c1-12-4-7-15(9-16(12)33(30,31)24(2)3)23-17(26)11-32-18(27)10-25-21(28)19-13-5-6-14(8-13)20(19)22(25)29/h4-7,9,13-14,19-20H,8,10-11H2,1-3H3,(H,23,26). The number of amides is 3. The van der Waals surface area contributed by atoms with Gasteiger partial charge in [-0.3, -0.25) is 24.1 Å². The van der Waals surface area contributed by atoms with E-state index in [1.807, 2.05) is 12.2 Å². The molecule has 11 heteroatoms. The van der Waals surface area contributed by atoms with Crippen molar-refractivity contribution in [3.05, 3.63) is 35.9 Å². The van der Waals surface area contributed by atoms with Gasteiger partial charge in [-0.05, 0) is 42.9 Å². The Balaban J connectivity index is 1.32. The second-order valence-electron chi connectivity index (χ2n) is 8.74. The third kappa shape index (κ3) is 4.06. The number of fused-ring (bicyclic) bond motifs is 5. The molecule has 0 radical (unpaired) electrons. The lowest BCUT2D eigenvalue weighted by atomic mass is 9.85. The molecule has 2 bridgehead atoms. The molecule has 2 aliphatic carbocycles. The first kappa shape index (κ1) is 23.1. The summed E-state index contributed by atoms with van der Waals surface area (Å²) in [6.45, 7) is 0.464. The molecular formula is C22H25N3O7S. The first-order valence-electron chi connectivity index (χ1n) is 10.5. The fourth-order valence-corrected chi connectivity index (χ4v) is 5.93. The van der Waals surface area contributed by atoms with Gasteiger partial charge in [-0.2, -0.15) is 0 Å². The van der Waals surface area contributed by atoms with Gasteiger partial charge in [-0.1, -0.05) is 18.2 Å². The van der Waals surface area contributed by atoms with Crippen molar-refractivity contribution in [3.63, 3.8) is 0 Å². The molecule has 4 rings (SSSR count). The largest absolute Gasteiger partial charge is 0.454 e. The van der Waals surface area contributed by atoms with Gasteiger partial charge >= 0.3 is 5.97 Å². The molecule has 1 aliphatic heterocycles. The molecular weight excluding hydrogens is 450 g/mol. The van der Waals surface area contributed by atoms with Crippen LogP contribution in [0.15, 0.2) is 35.2 Å². The van der Waals surface area contributed by atoms with E-state index >= 15 is 0 Å². The quantitative estimate of drug-likeness (QED) is 0.346. The van der Waals surface area contributed by atoms with Gasteiger partial charge in [0.1, 0.15) is 6.54 Å². The van der Waals surface area contributed by atoms with Crippen LogP contribution >= 0.6 is 0 Å². The van der Waals surface area contributed by atoms with Crippen molar-refractivity contribution in [1.82, 2.24) is 9.21 Å². The second kappa shape index (κ2) is 8.38.